The Morgan fingerprint density at radius 3 is 2.95 bits per heavy atom. The molecule has 0 N–H and O–H groups in total. The third-order valence-corrected chi connectivity index (χ3v) is 5.69. The highest BCUT2D eigenvalue weighted by molar-refractivity contribution is 7.10. The van der Waals surface area contributed by atoms with Gasteiger partial charge in [-0.1, -0.05) is 6.07 Å². The maximum atomic E-state index is 12.9. The zero-order chi connectivity index (χ0) is 14.4. The number of thiophene rings is 1. The Morgan fingerprint density at radius 1 is 1.38 bits per heavy atom. The first-order valence-electron chi connectivity index (χ1n) is 7.65. The first-order valence-corrected chi connectivity index (χ1v) is 8.53. The van der Waals surface area contributed by atoms with E-state index in [1.807, 2.05) is 16.6 Å². The molecule has 0 unspecified atom stereocenters. The zero-order valence-corrected chi connectivity index (χ0v) is 13.0. The molecule has 0 bridgehead atoms. The highest BCUT2D eigenvalue weighted by atomic mass is 32.1. The number of hydrogen-bond acceptors (Lipinski definition) is 3. The molecule has 0 saturated carbocycles. The van der Waals surface area contributed by atoms with Gasteiger partial charge < -0.3 is 4.90 Å². The second-order valence-corrected chi connectivity index (χ2v) is 6.90. The molecule has 1 fully saturated rings. The molecule has 1 amide bonds. The van der Waals surface area contributed by atoms with Crippen LogP contribution in [0.5, 0.6) is 0 Å². The summed E-state index contributed by atoms with van der Waals surface area (Å²) in [6, 6.07) is 4.45. The number of carbonyl (C=O) groups excluding carboxylic acids is 1. The number of fused-ring (bicyclic) bond motifs is 1. The van der Waals surface area contributed by atoms with Crippen LogP contribution in [-0.2, 0) is 19.9 Å². The van der Waals surface area contributed by atoms with E-state index in [0.717, 1.165) is 25.8 Å². The Balaban J connectivity index is 1.64. The van der Waals surface area contributed by atoms with Crippen molar-refractivity contribution in [2.45, 2.75) is 38.1 Å². The molecule has 0 radical (unpaired) electrons. The van der Waals surface area contributed by atoms with Gasteiger partial charge in [-0.05, 0) is 43.6 Å². The van der Waals surface area contributed by atoms with Gasteiger partial charge in [0.15, 0.2) is 5.69 Å². The fraction of sp³-hybridized carbons (Fsp3) is 0.500. The summed E-state index contributed by atoms with van der Waals surface area (Å²) in [7, 11) is 1.97. The van der Waals surface area contributed by atoms with Crippen molar-refractivity contribution in [1.82, 2.24) is 14.7 Å². The third-order valence-electron chi connectivity index (χ3n) is 4.72. The van der Waals surface area contributed by atoms with Crippen LogP contribution in [0.1, 0.15) is 51.9 Å². The number of hydrogen-bond donors (Lipinski definition) is 0. The second kappa shape index (κ2) is 4.98. The van der Waals surface area contributed by atoms with E-state index >= 15 is 0 Å². The predicted molar refractivity (Wildman–Crippen MR) is 82.6 cm³/mol. The molecule has 21 heavy (non-hydrogen) atoms. The number of carbonyl (C=O) groups is 1. The first-order chi connectivity index (χ1) is 10.3. The molecule has 1 atom stereocenters. The Bertz CT molecular complexity index is 674. The van der Waals surface area contributed by atoms with Gasteiger partial charge >= 0.3 is 0 Å². The average molecular weight is 301 g/mol. The van der Waals surface area contributed by atoms with Crippen LogP contribution in [0.15, 0.2) is 17.5 Å². The van der Waals surface area contributed by atoms with E-state index in [1.54, 1.807) is 11.3 Å². The lowest BCUT2D eigenvalue weighted by Crippen LogP contribution is -2.45. The van der Waals surface area contributed by atoms with E-state index in [2.05, 4.69) is 22.6 Å². The van der Waals surface area contributed by atoms with Crippen molar-refractivity contribution in [3.63, 3.8) is 0 Å². The standard InChI is InChI=1S/C16H19N3OS/c1-18-12-6-3-2-5-11(12)15(17-18)16(20)19-9-8-13(19)14-7-4-10-21-14/h4,7,10,13H,2-3,5-6,8-9H2,1H3/t13-/m0/s1. The van der Waals surface area contributed by atoms with Gasteiger partial charge in [-0.15, -0.1) is 11.3 Å². The van der Waals surface area contributed by atoms with Crippen molar-refractivity contribution in [2.24, 2.45) is 7.05 Å². The molecule has 3 heterocycles. The van der Waals surface area contributed by atoms with Crippen LogP contribution in [0.2, 0.25) is 0 Å². The van der Waals surface area contributed by atoms with Crippen LogP contribution in [0.3, 0.4) is 0 Å². The molecular formula is C16H19N3OS. The number of aryl methyl sites for hydroxylation is 1. The lowest BCUT2D eigenvalue weighted by Gasteiger charge is -2.40. The summed E-state index contributed by atoms with van der Waals surface area (Å²) < 4.78 is 1.92. The number of rotatable bonds is 2. The lowest BCUT2D eigenvalue weighted by molar-refractivity contribution is 0.0459. The molecule has 0 aromatic carbocycles. The Morgan fingerprint density at radius 2 is 2.24 bits per heavy atom. The van der Waals surface area contributed by atoms with Crippen molar-refractivity contribution in [3.8, 4) is 0 Å². The van der Waals surface area contributed by atoms with Crippen molar-refractivity contribution in [3.05, 3.63) is 39.3 Å². The topological polar surface area (TPSA) is 38.1 Å². The van der Waals surface area contributed by atoms with Crippen LogP contribution < -0.4 is 0 Å². The van der Waals surface area contributed by atoms with Crippen LogP contribution in [0.25, 0.3) is 0 Å². The maximum absolute atomic E-state index is 12.9. The van der Waals surface area contributed by atoms with Gasteiger partial charge in [-0.2, -0.15) is 5.10 Å². The molecule has 4 rings (SSSR count). The van der Waals surface area contributed by atoms with E-state index in [4.69, 9.17) is 0 Å². The van der Waals surface area contributed by atoms with Crippen LogP contribution in [-0.4, -0.2) is 27.1 Å². The summed E-state index contributed by atoms with van der Waals surface area (Å²) in [5.41, 5.74) is 3.16. The van der Waals surface area contributed by atoms with Crippen molar-refractivity contribution < 1.29 is 4.79 Å². The SMILES string of the molecule is Cn1nc(C(=O)N2CC[C@H]2c2cccs2)c2c1CCCC2. The molecule has 0 spiro atoms. The summed E-state index contributed by atoms with van der Waals surface area (Å²) in [6.45, 7) is 0.854. The van der Waals surface area contributed by atoms with Crippen molar-refractivity contribution >= 4 is 17.2 Å². The van der Waals surface area contributed by atoms with Gasteiger partial charge in [-0.3, -0.25) is 9.48 Å². The molecule has 5 heteroatoms. The van der Waals surface area contributed by atoms with Gasteiger partial charge in [0.1, 0.15) is 0 Å². The maximum Gasteiger partial charge on any atom is 0.275 e. The minimum atomic E-state index is 0.124. The van der Waals surface area contributed by atoms with Crippen molar-refractivity contribution in [2.75, 3.05) is 6.54 Å². The molecule has 1 saturated heterocycles. The average Bonchev–Trinajstić information content (AvgIpc) is 3.07. The van der Waals surface area contributed by atoms with Crippen LogP contribution in [0.4, 0.5) is 0 Å². The molecule has 1 aliphatic heterocycles. The molecular weight excluding hydrogens is 282 g/mol. The molecule has 2 aliphatic rings. The number of nitrogens with zero attached hydrogens (tertiary/aromatic N) is 3. The smallest absolute Gasteiger partial charge is 0.275 e. The Labute approximate surface area is 128 Å². The molecule has 110 valence electrons. The van der Waals surface area contributed by atoms with Crippen LogP contribution >= 0.6 is 11.3 Å². The summed E-state index contributed by atoms with van der Waals surface area (Å²) in [5.74, 6) is 0.124. The lowest BCUT2D eigenvalue weighted by atomic mass is 9.94. The van der Waals surface area contributed by atoms with Gasteiger partial charge in [0, 0.05) is 29.7 Å². The second-order valence-electron chi connectivity index (χ2n) is 5.92. The third kappa shape index (κ3) is 2.02. The minimum absolute atomic E-state index is 0.124. The van der Waals surface area contributed by atoms with Gasteiger partial charge in [0.2, 0.25) is 0 Å². The number of amides is 1. The van der Waals surface area contributed by atoms with E-state index in [0.29, 0.717) is 5.69 Å². The van der Waals surface area contributed by atoms with E-state index in [1.165, 1.54) is 29.0 Å². The molecule has 4 nitrogen and oxygen atoms in total. The fourth-order valence-electron chi connectivity index (χ4n) is 3.49. The molecule has 2 aromatic heterocycles. The van der Waals surface area contributed by atoms with Crippen molar-refractivity contribution in [1.29, 1.82) is 0 Å². The normalized spacial score (nSPS) is 21.0. The largest absolute Gasteiger partial charge is 0.329 e. The highest BCUT2D eigenvalue weighted by Crippen LogP contribution is 2.37. The predicted octanol–water partition coefficient (Wildman–Crippen LogP) is 2.95. The minimum Gasteiger partial charge on any atom is -0.329 e. The summed E-state index contributed by atoms with van der Waals surface area (Å²) >= 11 is 1.74. The highest BCUT2D eigenvalue weighted by Gasteiger charge is 2.37. The summed E-state index contributed by atoms with van der Waals surface area (Å²) in [5, 5.41) is 6.62. The van der Waals surface area contributed by atoms with Gasteiger partial charge in [0.25, 0.3) is 5.91 Å². The monoisotopic (exact) mass is 301 g/mol. The van der Waals surface area contributed by atoms with Gasteiger partial charge in [-0.25, -0.2) is 0 Å². The Hall–Kier alpha value is -1.62. The first kappa shape index (κ1) is 13.1. The number of likely N-dealkylation sites (tertiary alicyclic amines) is 1. The zero-order valence-electron chi connectivity index (χ0n) is 12.2. The van der Waals surface area contributed by atoms with Crippen LogP contribution in [0, 0.1) is 0 Å². The molecule has 2 aromatic rings. The fourth-order valence-corrected chi connectivity index (χ4v) is 4.36. The molecule has 1 aliphatic carbocycles. The Kier molecular flexibility index (Phi) is 3.10. The van der Waals surface area contributed by atoms with Gasteiger partial charge in [0.05, 0.1) is 6.04 Å². The summed E-state index contributed by atoms with van der Waals surface area (Å²) in [4.78, 5) is 16.2. The van der Waals surface area contributed by atoms with E-state index in [-0.39, 0.29) is 11.9 Å². The summed E-state index contributed by atoms with van der Waals surface area (Å²) in [6.07, 6.45) is 5.51. The van der Waals surface area contributed by atoms with E-state index in [9.17, 15) is 4.79 Å². The number of aromatic nitrogens is 2. The van der Waals surface area contributed by atoms with E-state index < -0.39 is 0 Å². The quantitative estimate of drug-likeness (QED) is 0.855.